The third-order valence-electron chi connectivity index (χ3n) is 2.02. The van der Waals surface area contributed by atoms with Crippen LogP contribution in [0.25, 0.3) is 6.08 Å². The third kappa shape index (κ3) is 1.93. The normalized spacial score (nSPS) is 23.8. The summed E-state index contributed by atoms with van der Waals surface area (Å²) in [6, 6.07) is 0.578. The lowest BCUT2D eigenvalue weighted by Crippen LogP contribution is -2.17. The van der Waals surface area contributed by atoms with Gasteiger partial charge in [-0.15, -0.1) is 11.3 Å². The van der Waals surface area contributed by atoms with Crippen LogP contribution in [-0.2, 0) is 0 Å². The highest BCUT2D eigenvalue weighted by molar-refractivity contribution is 7.10. The molecular formula is C9H12N2S. The second-order valence-corrected chi connectivity index (χ2v) is 3.86. The Labute approximate surface area is 76.3 Å². The first-order valence-electron chi connectivity index (χ1n) is 4.26. The Bertz CT molecular complexity index is 248. The van der Waals surface area contributed by atoms with E-state index in [1.807, 2.05) is 11.6 Å². The maximum atomic E-state index is 4.18. The van der Waals surface area contributed by atoms with Crippen LogP contribution in [0.3, 0.4) is 0 Å². The van der Waals surface area contributed by atoms with Crippen molar-refractivity contribution in [2.45, 2.75) is 18.9 Å². The van der Waals surface area contributed by atoms with E-state index in [-0.39, 0.29) is 0 Å². The monoisotopic (exact) mass is 180 g/mol. The molecule has 64 valence electrons. The van der Waals surface area contributed by atoms with E-state index in [0.29, 0.717) is 6.04 Å². The molecular weight excluding hydrogens is 168 g/mol. The predicted molar refractivity (Wildman–Crippen MR) is 52.2 cm³/mol. The summed E-state index contributed by atoms with van der Waals surface area (Å²) in [4.78, 5) is 4.18. The van der Waals surface area contributed by atoms with E-state index in [2.05, 4.69) is 22.5 Å². The Hall–Kier alpha value is -0.670. The maximum Gasteiger partial charge on any atom is 0.115 e. The Morgan fingerprint density at radius 3 is 3.33 bits per heavy atom. The summed E-state index contributed by atoms with van der Waals surface area (Å²) in [6.07, 6.45) is 8.72. The van der Waals surface area contributed by atoms with Gasteiger partial charge in [-0.3, -0.25) is 0 Å². The molecule has 0 saturated carbocycles. The van der Waals surface area contributed by atoms with Gasteiger partial charge < -0.3 is 5.32 Å². The Morgan fingerprint density at radius 2 is 2.67 bits per heavy atom. The van der Waals surface area contributed by atoms with Crippen LogP contribution in [0, 0.1) is 0 Å². The molecule has 0 amide bonds. The standard InChI is InChI=1S/C9H12N2S/c1-2-8(10-5-1)3-4-9-11-6-7-12-9/h3-4,6-8,10H,1-2,5H2/b4-3+. The van der Waals surface area contributed by atoms with E-state index >= 15 is 0 Å². The van der Waals surface area contributed by atoms with Crippen molar-refractivity contribution in [2.24, 2.45) is 0 Å². The van der Waals surface area contributed by atoms with Gasteiger partial charge in [0.2, 0.25) is 0 Å². The van der Waals surface area contributed by atoms with Gasteiger partial charge in [0, 0.05) is 17.6 Å². The number of hydrogen-bond donors (Lipinski definition) is 1. The van der Waals surface area contributed by atoms with E-state index in [1.54, 1.807) is 11.3 Å². The van der Waals surface area contributed by atoms with Gasteiger partial charge in [0.15, 0.2) is 0 Å². The molecule has 1 aromatic rings. The second kappa shape index (κ2) is 3.83. The number of nitrogens with zero attached hydrogens (tertiary/aromatic N) is 1. The molecule has 1 aliphatic heterocycles. The molecule has 1 unspecified atom stereocenters. The highest BCUT2D eigenvalue weighted by Crippen LogP contribution is 2.10. The van der Waals surface area contributed by atoms with E-state index in [0.717, 1.165) is 11.6 Å². The molecule has 1 saturated heterocycles. The van der Waals surface area contributed by atoms with Crippen molar-refractivity contribution in [3.05, 3.63) is 22.7 Å². The highest BCUT2D eigenvalue weighted by atomic mass is 32.1. The third-order valence-corrected chi connectivity index (χ3v) is 2.76. The van der Waals surface area contributed by atoms with E-state index in [4.69, 9.17) is 0 Å². The molecule has 0 radical (unpaired) electrons. The van der Waals surface area contributed by atoms with Crippen LogP contribution in [0.2, 0.25) is 0 Å². The summed E-state index contributed by atoms with van der Waals surface area (Å²) in [6.45, 7) is 1.16. The minimum atomic E-state index is 0.578. The molecule has 2 heterocycles. The van der Waals surface area contributed by atoms with E-state index in [1.165, 1.54) is 12.8 Å². The summed E-state index contributed by atoms with van der Waals surface area (Å²) in [5.41, 5.74) is 0. The van der Waals surface area contributed by atoms with Crippen molar-refractivity contribution in [1.82, 2.24) is 10.3 Å². The first-order chi connectivity index (χ1) is 5.95. The van der Waals surface area contributed by atoms with Crippen molar-refractivity contribution >= 4 is 17.4 Å². The number of nitrogens with one attached hydrogen (secondary N) is 1. The van der Waals surface area contributed by atoms with Gasteiger partial charge in [0.25, 0.3) is 0 Å². The van der Waals surface area contributed by atoms with Crippen LogP contribution < -0.4 is 5.32 Å². The average molecular weight is 180 g/mol. The van der Waals surface area contributed by atoms with Gasteiger partial charge >= 0.3 is 0 Å². The number of thiazole rings is 1. The molecule has 2 nitrogen and oxygen atoms in total. The van der Waals surface area contributed by atoms with Gasteiger partial charge in [-0.1, -0.05) is 6.08 Å². The molecule has 1 aromatic heterocycles. The van der Waals surface area contributed by atoms with Gasteiger partial charge in [0.05, 0.1) is 0 Å². The fraction of sp³-hybridized carbons (Fsp3) is 0.444. The Balaban J connectivity index is 1.93. The van der Waals surface area contributed by atoms with Crippen molar-refractivity contribution in [1.29, 1.82) is 0 Å². The molecule has 12 heavy (non-hydrogen) atoms. The fourth-order valence-electron chi connectivity index (χ4n) is 1.39. The van der Waals surface area contributed by atoms with Crippen molar-refractivity contribution in [3.63, 3.8) is 0 Å². The Kier molecular flexibility index (Phi) is 2.54. The molecule has 1 atom stereocenters. The van der Waals surface area contributed by atoms with Crippen molar-refractivity contribution in [2.75, 3.05) is 6.54 Å². The fourth-order valence-corrected chi connectivity index (χ4v) is 1.93. The Morgan fingerprint density at radius 1 is 1.67 bits per heavy atom. The summed E-state index contributed by atoms with van der Waals surface area (Å²) in [5.74, 6) is 0. The van der Waals surface area contributed by atoms with Crippen LogP contribution in [0.4, 0.5) is 0 Å². The molecule has 2 rings (SSSR count). The van der Waals surface area contributed by atoms with Gasteiger partial charge in [-0.05, 0) is 25.5 Å². The number of aromatic nitrogens is 1. The van der Waals surface area contributed by atoms with Crippen LogP contribution in [0.15, 0.2) is 17.7 Å². The molecule has 0 bridgehead atoms. The molecule has 1 aliphatic rings. The zero-order valence-electron chi connectivity index (χ0n) is 6.86. The van der Waals surface area contributed by atoms with Gasteiger partial charge in [-0.2, -0.15) is 0 Å². The summed E-state index contributed by atoms with van der Waals surface area (Å²) in [5, 5.41) is 6.51. The topological polar surface area (TPSA) is 24.9 Å². The minimum Gasteiger partial charge on any atom is -0.311 e. The highest BCUT2D eigenvalue weighted by Gasteiger charge is 2.09. The molecule has 1 fully saturated rings. The molecule has 0 spiro atoms. The van der Waals surface area contributed by atoms with E-state index in [9.17, 15) is 0 Å². The average Bonchev–Trinajstić information content (AvgIpc) is 2.74. The quantitative estimate of drug-likeness (QED) is 0.752. The number of hydrogen-bond acceptors (Lipinski definition) is 3. The van der Waals surface area contributed by atoms with Crippen LogP contribution >= 0.6 is 11.3 Å². The van der Waals surface area contributed by atoms with Crippen LogP contribution in [-0.4, -0.2) is 17.6 Å². The molecule has 0 aliphatic carbocycles. The number of rotatable bonds is 2. The largest absolute Gasteiger partial charge is 0.311 e. The lowest BCUT2D eigenvalue weighted by Gasteiger charge is -2.00. The van der Waals surface area contributed by atoms with Gasteiger partial charge in [0.1, 0.15) is 5.01 Å². The maximum absolute atomic E-state index is 4.18. The molecule has 0 aromatic carbocycles. The van der Waals surface area contributed by atoms with E-state index < -0.39 is 0 Å². The first-order valence-corrected chi connectivity index (χ1v) is 5.14. The zero-order chi connectivity index (χ0) is 8.23. The van der Waals surface area contributed by atoms with Crippen LogP contribution in [0.5, 0.6) is 0 Å². The second-order valence-electron chi connectivity index (χ2n) is 2.93. The molecule has 1 N–H and O–H groups in total. The van der Waals surface area contributed by atoms with Crippen molar-refractivity contribution in [3.8, 4) is 0 Å². The zero-order valence-corrected chi connectivity index (χ0v) is 7.68. The summed E-state index contributed by atoms with van der Waals surface area (Å²) in [7, 11) is 0. The van der Waals surface area contributed by atoms with Crippen LogP contribution in [0.1, 0.15) is 17.8 Å². The van der Waals surface area contributed by atoms with Gasteiger partial charge in [-0.25, -0.2) is 4.98 Å². The first kappa shape index (κ1) is 7.95. The van der Waals surface area contributed by atoms with Crippen molar-refractivity contribution < 1.29 is 0 Å². The molecule has 3 heteroatoms. The smallest absolute Gasteiger partial charge is 0.115 e. The SMILES string of the molecule is C(=C\C1CCCN1)/c1nccs1. The predicted octanol–water partition coefficient (Wildman–Crippen LogP) is 1.91. The minimum absolute atomic E-state index is 0.578. The summed E-state index contributed by atoms with van der Waals surface area (Å²) < 4.78 is 0. The summed E-state index contributed by atoms with van der Waals surface area (Å²) >= 11 is 1.68. The lowest BCUT2D eigenvalue weighted by molar-refractivity contribution is 0.730. The lowest BCUT2D eigenvalue weighted by atomic mass is 10.2.